The molecule has 0 saturated carbocycles. The maximum Gasteiger partial charge on any atom is 0.150 e. The third-order valence-corrected chi connectivity index (χ3v) is 3.40. The molecule has 0 amide bonds. The summed E-state index contributed by atoms with van der Waals surface area (Å²) in [4.78, 5) is 2.11. The molecule has 0 spiro atoms. The van der Waals surface area contributed by atoms with Gasteiger partial charge in [-0.15, -0.1) is 0 Å². The average Bonchev–Trinajstić information content (AvgIpc) is 2.42. The number of nitrogens with zero attached hydrogens (tertiary/aromatic N) is 2. The SMILES string of the molecule is CC(Nc1c(F)cc(C#N)cc1F)C1CN(C)CCO1. The van der Waals surface area contributed by atoms with Crippen molar-refractivity contribution in [3.8, 4) is 6.07 Å². The van der Waals surface area contributed by atoms with Crippen LogP contribution in [-0.4, -0.2) is 43.8 Å². The molecule has 0 aromatic heterocycles. The van der Waals surface area contributed by atoms with E-state index in [-0.39, 0.29) is 23.4 Å². The fourth-order valence-corrected chi connectivity index (χ4v) is 2.21. The zero-order chi connectivity index (χ0) is 14.7. The van der Waals surface area contributed by atoms with Gasteiger partial charge < -0.3 is 15.0 Å². The van der Waals surface area contributed by atoms with Crippen LogP contribution in [0.25, 0.3) is 0 Å². The van der Waals surface area contributed by atoms with E-state index in [2.05, 4.69) is 10.2 Å². The quantitative estimate of drug-likeness (QED) is 0.920. The number of morpholine rings is 1. The molecule has 0 radical (unpaired) electrons. The maximum absolute atomic E-state index is 13.8. The van der Waals surface area contributed by atoms with Crippen molar-refractivity contribution in [3.05, 3.63) is 29.3 Å². The molecule has 2 rings (SSSR count). The molecule has 4 nitrogen and oxygen atoms in total. The van der Waals surface area contributed by atoms with Crippen LogP contribution in [0.2, 0.25) is 0 Å². The lowest BCUT2D eigenvalue weighted by molar-refractivity contribution is -0.0260. The molecule has 1 aliphatic rings. The summed E-state index contributed by atoms with van der Waals surface area (Å²) < 4.78 is 33.2. The van der Waals surface area contributed by atoms with Gasteiger partial charge in [0, 0.05) is 13.1 Å². The lowest BCUT2D eigenvalue weighted by Crippen LogP contribution is -2.47. The molecule has 1 aromatic rings. The van der Waals surface area contributed by atoms with Crippen LogP contribution in [0.4, 0.5) is 14.5 Å². The molecular weight excluding hydrogens is 264 g/mol. The molecule has 1 aromatic carbocycles. The van der Waals surface area contributed by atoms with E-state index in [4.69, 9.17) is 10.00 Å². The first-order chi connectivity index (χ1) is 9.51. The predicted molar refractivity (Wildman–Crippen MR) is 71.4 cm³/mol. The van der Waals surface area contributed by atoms with Crippen LogP contribution in [0.1, 0.15) is 12.5 Å². The van der Waals surface area contributed by atoms with Crippen LogP contribution in [0.15, 0.2) is 12.1 Å². The van der Waals surface area contributed by atoms with Crippen LogP contribution < -0.4 is 5.32 Å². The number of halogens is 2. The monoisotopic (exact) mass is 281 g/mol. The van der Waals surface area contributed by atoms with E-state index >= 15 is 0 Å². The van der Waals surface area contributed by atoms with Gasteiger partial charge in [-0.25, -0.2) is 8.78 Å². The van der Waals surface area contributed by atoms with Gasteiger partial charge in [0.2, 0.25) is 0 Å². The molecule has 1 N–H and O–H groups in total. The second-order valence-corrected chi connectivity index (χ2v) is 5.03. The minimum atomic E-state index is -0.766. The number of likely N-dealkylation sites (N-methyl/N-ethyl adjacent to an activating group) is 1. The van der Waals surface area contributed by atoms with Gasteiger partial charge in [0.25, 0.3) is 0 Å². The fraction of sp³-hybridized carbons (Fsp3) is 0.500. The highest BCUT2D eigenvalue weighted by molar-refractivity contribution is 5.51. The van der Waals surface area contributed by atoms with Gasteiger partial charge in [-0.1, -0.05) is 0 Å². The Morgan fingerprint density at radius 2 is 2.10 bits per heavy atom. The van der Waals surface area contributed by atoms with Gasteiger partial charge in [-0.2, -0.15) is 5.26 Å². The molecule has 20 heavy (non-hydrogen) atoms. The summed E-state index contributed by atoms with van der Waals surface area (Å²) in [6, 6.07) is 3.52. The molecular formula is C14H17F2N3O. The first-order valence-corrected chi connectivity index (χ1v) is 6.47. The molecule has 2 atom stereocenters. The smallest absolute Gasteiger partial charge is 0.150 e. The number of nitrogens with one attached hydrogen (secondary N) is 1. The summed E-state index contributed by atoms with van der Waals surface area (Å²) in [6.07, 6.45) is -0.136. The van der Waals surface area contributed by atoms with Gasteiger partial charge in [-0.3, -0.25) is 0 Å². The van der Waals surface area contributed by atoms with E-state index in [0.717, 1.165) is 18.7 Å². The molecule has 6 heteroatoms. The summed E-state index contributed by atoms with van der Waals surface area (Å²) in [7, 11) is 1.98. The van der Waals surface area contributed by atoms with Gasteiger partial charge in [0.1, 0.15) is 5.69 Å². The lowest BCUT2D eigenvalue weighted by atomic mass is 10.1. The third-order valence-electron chi connectivity index (χ3n) is 3.40. The van der Waals surface area contributed by atoms with Crippen LogP contribution >= 0.6 is 0 Å². The fourth-order valence-electron chi connectivity index (χ4n) is 2.21. The normalized spacial score (nSPS) is 21.2. The molecule has 1 aliphatic heterocycles. The summed E-state index contributed by atoms with van der Waals surface area (Å²) >= 11 is 0. The summed E-state index contributed by atoms with van der Waals surface area (Å²) in [5.41, 5.74) is -0.250. The Kier molecular flexibility index (Phi) is 4.53. The van der Waals surface area contributed by atoms with Crippen molar-refractivity contribution >= 4 is 5.69 Å². The zero-order valence-electron chi connectivity index (χ0n) is 11.5. The number of hydrogen-bond acceptors (Lipinski definition) is 4. The maximum atomic E-state index is 13.8. The van der Waals surface area contributed by atoms with Crippen molar-refractivity contribution in [3.63, 3.8) is 0 Å². The van der Waals surface area contributed by atoms with E-state index in [0.29, 0.717) is 13.2 Å². The Morgan fingerprint density at radius 1 is 1.45 bits per heavy atom. The number of benzene rings is 1. The summed E-state index contributed by atoms with van der Waals surface area (Å²) in [6.45, 7) is 3.98. The molecule has 1 heterocycles. The topological polar surface area (TPSA) is 48.3 Å². The second-order valence-electron chi connectivity index (χ2n) is 5.03. The van der Waals surface area contributed by atoms with Crippen molar-refractivity contribution in [2.24, 2.45) is 0 Å². The first-order valence-electron chi connectivity index (χ1n) is 6.47. The zero-order valence-corrected chi connectivity index (χ0v) is 11.5. The largest absolute Gasteiger partial charge is 0.375 e. The van der Waals surface area contributed by atoms with Crippen LogP contribution in [0.3, 0.4) is 0 Å². The molecule has 0 bridgehead atoms. The highest BCUT2D eigenvalue weighted by atomic mass is 19.1. The Bertz CT molecular complexity index is 507. The number of nitriles is 1. The Morgan fingerprint density at radius 3 is 2.65 bits per heavy atom. The van der Waals surface area contributed by atoms with E-state index in [1.165, 1.54) is 0 Å². The van der Waals surface area contributed by atoms with Crippen molar-refractivity contribution < 1.29 is 13.5 Å². The van der Waals surface area contributed by atoms with Gasteiger partial charge >= 0.3 is 0 Å². The standard InChI is InChI=1S/C14H17F2N3O/c1-9(13-8-19(2)3-4-20-13)18-14-11(15)5-10(7-17)6-12(14)16/h5-6,9,13,18H,3-4,8H2,1-2H3. The van der Waals surface area contributed by atoms with Gasteiger partial charge in [-0.05, 0) is 26.1 Å². The number of ether oxygens (including phenoxy) is 1. The summed E-state index contributed by atoms with van der Waals surface area (Å²) in [5, 5.41) is 11.5. The van der Waals surface area contributed by atoms with E-state index in [1.807, 2.05) is 14.0 Å². The van der Waals surface area contributed by atoms with Crippen molar-refractivity contribution in [1.82, 2.24) is 4.90 Å². The molecule has 2 unspecified atom stereocenters. The Labute approximate surface area is 116 Å². The number of rotatable bonds is 3. The second kappa shape index (κ2) is 6.16. The molecule has 108 valence electrons. The van der Waals surface area contributed by atoms with Gasteiger partial charge in [0.15, 0.2) is 11.6 Å². The van der Waals surface area contributed by atoms with Gasteiger partial charge in [0.05, 0.1) is 30.4 Å². The van der Waals surface area contributed by atoms with E-state index < -0.39 is 11.6 Å². The minimum Gasteiger partial charge on any atom is -0.375 e. The lowest BCUT2D eigenvalue weighted by Gasteiger charge is -2.34. The first kappa shape index (κ1) is 14.7. The Balaban J connectivity index is 2.11. The van der Waals surface area contributed by atoms with Crippen LogP contribution in [0.5, 0.6) is 0 Å². The molecule has 0 aliphatic carbocycles. The molecule has 1 fully saturated rings. The van der Waals surface area contributed by atoms with Crippen LogP contribution in [0, 0.1) is 23.0 Å². The third kappa shape index (κ3) is 3.24. The number of hydrogen-bond donors (Lipinski definition) is 1. The summed E-state index contributed by atoms with van der Waals surface area (Å²) in [5.74, 6) is -1.53. The average molecular weight is 281 g/mol. The highest BCUT2D eigenvalue weighted by Gasteiger charge is 2.25. The Hall–Kier alpha value is -1.71. The molecule has 1 saturated heterocycles. The van der Waals surface area contributed by atoms with Crippen LogP contribution in [-0.2, 0) is 4.74 Å². The van der Waals surface area contributed by atoms with Crippen molar-refractivity contribution in [1.29, 1.82) is 5.26 Å². The van der Waals surface area contributed by atoms with E-state index in [1.54, 1.807) is 6.07 Å². The highest BCUT2D eigenvalue weighted by Crippen LogP contribution is 2.22. The minimum absolute atomic E-state index is 0.0353. The number of anilines is 1. The van der Waals surface area contributed by atoms with E-state index in [9.17, 15) is 8.78 Å². The van der Waals surface area contributed by atoms with Crippen molar-refractivity contribution in [2.45, 2.75) is 19.1 Å². The van der Waals surface area contributed by atoms with Crippen molar-refractivity contribution in [2.75, 3.05) is 32.1 Å². The predicted octanol–water partition coefficient (Wildman–Crippen LogP) is 1.97.